The number of hydrogen-bond acceptors (Lipinski definition) is 3. The molecule has 1 aromatic carbocycles. The number of alkyl halides is 1. The Morgan fingerprint density at radius 2 is 1.24 bits per heavy atom. The average molecular weight is 493 g/mol. The van der Waals surface area contributed by atoms with Crippen molar-refractivity contribution in [3.05, 3.63) is 29.8 Å². The van der Waals surface area contributed by atoms with Crippen LogP contribution in [-0.2, 0) is 10.1 Å². The Morgan fingerprint density at radius 1 is 0.793 bits per heavy atom. The third kappa shape index (κ3) is 13.5. The van der Waals surface area contributed by atoms with E-state index in [1.54, 1.807) is 12.1 Å². The quantitative estimate of drug-likeness (QED) is 0.133. The summed E-state index contributed by atoms with van der Waals surface area (Å²) in [6.45, 7) is 14.4. The van der Waals surface area contributed by atoms with Crippen molar-refractivity contribution in [3.8, 4) is 0 Å². The zero-order valence-corrected chi connectivity index (χ0v) is 21.4. The summed E-state index contributed by atoms with van der Waals surface area (Å²) in [5.74, 6) is 0. The number of quaternary nitrogens is 1. The van der Waals surface area contributed by atoms with Crippen LogP contribution >= 0.6 is 15.9 Å². The van der Waals surface area contributed by atoms with Crippen LogP contribution in [0.4, 0.5) is 0 Å². The molecule has 0 spiro atoms. The lowest BCUT2D eigenvalue weighted by Crippen LogP contribution is -2.50. The predicted octanol–water partition coefficient (Wildman–Crippen LogP) is 6.28. The van der Waals surface area contributed by atoms with E-state index in [0.717, 1.165) is 5.56 Å². The molecule has 0 atom stereocenters. The molecule has 0 N–H and O–H groups in total. The van der Waals surface area contributed by atoms with Gasteiger partial charge >= 0.3 is 0 Å². The zero-order chi connectivity index (χ0) is 22.2. The van der Waals surface area contributed by atoms with Gasteiger partial charge in [-0.05, 0) is 44.7 Å². The van der Waals surface area contributed by atoms with Crippen LogP contribution in [0, 0.1) is 6.92 Å². The maximum absolute atomic E-state index is 10.4. The first-order chi connectivity index (χ1) is 13.7. The first kappa shape index (κ1) is 28.6. The standard InChI is InChI=1S/C16H35BrN.C7H8O3S/c1-4-7-10-15-18(13-8-5-2,14-9-6-3)16-11-12-17;1-6-2-4-7(5-3-6)11(8,9)10/h4-16H2,1-3H3;2-5H,1H3,(H,8,9,10)/q+1;/p-1. The second-order valence-corrected chi connectivity index (χ2v) is 10.1. The first-order valence-electron chi connectivity index (χ1n) is 11.2. The lowest BCUT2D eigenvalue weighted by Gasteiger charge is -2.39. The summed E-state index contributed by atoms with van der Waals surface area (Å²) in [4.78, 5) is -0.178. The van der Waals surface area contributed by atoms with E-state index < -0.39 is 10.1 Å². The summed E-state index contributed by atoms with van der Waals surface area (Å²) in [7, 11) is -4.27. The molecular weight excluding hydrogens is 450 g/mol. The van der Waals surface area contributed by atoms with Crippen molar-refractivity contribution in [1.82, 2.24) is 0 Å². The molecule has 0 bridgehead atoms. The molecule has 0 aliphatic rings. The van der Waals surface area contributed by atoms with Gasteiger partial charge in [-0.25, -0.2) is 8.42 Å². The lowest BCUT2D eigenvalue weighted by atomic mass is 10.1. The molecule has 6 heteroatoms. The van der Waals surface area contributed by atoms with Gasteiger partial charge in [0.15, 0.2) is 0 Å². The van der Waals surface area contributed by atoms with E-state index in [4.69, 9.17) is 0 Å². The molecule has 0 fully saturated rings. The van der Waals surface area contributed by atoms with Gasteiger partial charge in [0.1, 0.15) is 10.1 Å². The van der Waals surface area contributed by atoms with E-state index in [1.807, 2.05) is 6.92 Å². The van der Waals surface area contributed by atoms with E-state index >= 15 is 0 Å². The monoisotopic (exact) mass is 491 g/mol. The average Bonchev–Trinajstić information content (AvgIpc) is 2.69. The Hall–Kier alpha value is -0.430. The number of benzene rings is 1. The van der Waals surface area contributed by atoms with Gasteiger partial charge in [0.25, 0.3) is 0 Å². The number of hydrogen-bond donors (Lipinski definition) is 0. The fourth-order valence-corrected chi connectivity index (χ4v) is 4.18. The second-order valence-electron chi connectivity index (χ2n) is 7.96. The summed E-state index contributed by atoms with van der Waals surface area (Å²) in [6.07, 6.45) is 11.0. The van der Waals surface area contributed by atoms with Crippen LogP contribution in [0.2, 0.25) is 0 Å². The van der Waals surface area contributed by atoms with Crippen LogP contribution in [0.5, 0.6) is 0 Å². The summed E-state index contributed by atoms with van der Waals surface area (Å²) in [6, 6.07) is 5.78. The molecule has 170 valence electrons. The molecule has 1 rings (SSSR count). The highest BCUT2D eigenvalue weighted by molar-refractivity contribution is 9.09. The lowest BCUT2D eigenvalue weighted by molar-refractivity contribution is -0.928. The Bertz CT molecular complexity index is 596. The van der Waals surface area contributed by atoms with Crippen molar-refractivity contribution in [2.75, 3.05) is 31.5 Å². The topological polar surface area (TPSA) is 57.2 Å². The fraction of sp³-hybridized carbons (Fsp3) is 0.739. The SMILES string of the molecule is CCCCC[N+](CCCC)(CCCC)CCCBr.Cc1ccc(S(=O)(=O)[O-])cc1. The van der Waals surface area contributed by atoms with Crippen LogP contribution in [0.25, 0.3) is 0 Å². The van der Waals surface area contributed by atoms with Crippen molar-refractivity contribution in [3.63, 3.8) is 0 Å². The highest BCUT2D eigenvalue weighted by Crippen LogP contribution is 2.16. The molecule has 0 aliphatic carbocycles. The van der Waals surface area contributed by atoms with Gasteiger partial charge < -0.3 is 9.04 Å². The highest BCUT2D eigenvalue weighted by atomic mass is 79.9. The van der Waals surface area contributed by atoms with E-state index in [0.29, 0.717) is 0 Å². The molecule has 0 heterocycles. The van der Waals surface area contributed by atoms with E-state index in [-0.39, 0.29) is 4.90 Å². The summed E-state index contributed by atoms with van der Waals surface area (Å²) in [5, 5.41) is 1.17. The van der Waals surface area contributed by atoms with Crippen molar-refractivity contribution in [2.45, 2.75) is 84.0 Å². The number of unbranched alkanes of at least 4 members (excludes halogenated alkanes) is 4. The van der Waals surface area contributed by atoms with Crippen molar-refractivity contribution >= 4 is 26.0 Å². The van der Waals surface area contributed by atoms with Crippen LogP contribution in [0.15, 0.2) is 29.2 Å². The van der Waals surface area contributed by atoms with Gasteiger partial charge in [-0.3, -0.25) is 0 Å². The Morgan fingerprint density at radius 3 is 1.66 bits per heavy atom. The minimum atomic E-state index is -4.27. The van der Waals surface area contributed by atoms with Crippen molar-refractivity contribution in [1.29, 1.82) is 0 Å². The molecular formula is C23H42BrNO3S. The smallest absolute Gasteiger partial charge is 0.124 e. The largest absolute Gasteiger partial charge is 0.744 e. The van der Waals surface area contributed by atoms with Crippen molar-refractivity contribution < 1.29 is 17.5 Å². The zero-order valence-electron chi connectivity index (χ0n) is 19.0. The predicted molar refractivity (Wildman–Crippen MR) is 127 cm³/mol. The molecule has 0 radical (unpaired) electrons. The molecule has 0 saturated heterocycles. The third-order valence-corrected chi connectivity index (χ3v) is 6.69. The summed E-state index contributed by atoms with van der Waals surface area (Å²) in [5.41, 5.74) is 0.928. The molecule has 4 nitrogen and oxygen atoms in total. The number of nitrogens with zero attached hydrogens (tertiary/aromatic N) is 1. The van der Waals surface area contributed by atoms with Crippen LogP contribution in [-0.4, -0.2) is 49.0 Å². The minimum absolute atomic E-state index is 0.178. The van der Waals surface area contributed by atoms with Crippen LogP contribution in [0.1, 0.15) is 77.7 Å². The van der Waals surface area contributed by atoms with Gasteiger partial charge in [0, 0.05) is 11.8 Å². The van der Waals surface area contributed by atoms with E-state index in [2.05, 4.69) is 36.7 Å². The van der Waals surface area contributed by atoms with Gasteiger partial charge in [-0.1, -0.05) is 73.7 Å². The Labute approximate surface area is 188 Å². The first-order valence-corrected chi connectivity index (χ1v) is 13.7. The molecule has 0 unspecified atom stereocenters. The molecule has 29 heavy (non-hydrogen) atoms. The van der Waals surface area contributed by atoms with Gasteiger partial charge in [0.05, 0.1) is 31.1 Å². The number of aryl methyl sites for hydroxylation is 1. The van der Waals surface area contributed by atoms with Gasteiger partial charge in [-0.15, -0.1) is 0 Å². The Balaban J connectivity index is 0.000000604. The molecule has 1 aromatic rings. The van der Waals surface area contributed by atoms with Crippen molar-refractivity contribution in [2.24, 2.45) is 0 Å². The van der Waals surface area contributed by atoms with Gasteiger partial charge in [-0.2, -0.15) is 0 Å². The van der Waals surface area contributed by atoms with Crippen LogP contribution < -0.4 is 0 Å². The molecule has 0 amide bonds. The fourth-order valence-electron chi connectivity index (χ4n) is 3.46. The maximum Gasteiger partial charge on any atom is 0.124 e. The molecule has 0 saturated carbocycles. The van der Waals surface area contributed by atoms with E-state index in [1.165, 1.54) is 99.5 Å². The normalized spacial score (nSPS) is 11.8. The number of rotatable bonds is 14. The summed E-state index contributed by atoms with van der Waals surface area (Å²) < 4.78 is 32.6. The highest BCUT2D eigenvalue weighted by Gasteiger charge is 2.24. The minimum Gasteiger partial charge on any atom is -0.744 e. The number of halogens is 1. The van der Waals surface area contributed by atoms with Crippen LogP contribution in [0.3, 0.4) is 0 Å². The second kappa shape index (κ2) is 16.3. The summed E-state index contributed by atoms with van der Waals surface area (Å²) >= 11 is 3.61. The maximum atomic E-state index is 10.4. The van der Waals surface area contributed by atoms with E-state index in [9.17, 15) is 13.0 Å². The molecule has 0 aliphatic heterocycles. The molecule has 0 aromatic heterocycles. The van der Waals surface area contributed by atoms with Gasteiger partial charge in [0.2, 0.25) is 0 Å². The Kier molecular flexibility index (Phi) is 16.0. The third-order valence-electron chi connectivity index (χ3n) is 5.28.